The number of aromatic nitrogens is 2. The van der Waals surface area contributed by atoms with Gasteiger partial charge in [-0.1, -0.05) is 64.6 Å². The summed E-state index contributed by atoms with van der Waals surface area (Å²) < 4.78 is 18.7. The van der Waals surface area contributed by atoms with E-state index in [1.165, 1.54) is 18.0 Å². The van der Waals surface area contributed by atoms with Gasteiger partial charge in [0.1, 0.15) is 12.2 Å². The largest absolute Gasteiger partial charge is 0.493 e. The van der Waals surface area contributed by atoms with Crippen molar-refractivity contribution in [2.45, 2.75) is 6.61 Å². The number of rotatable bonds is 7. The second-order valence-corrected chi connectivity index (χ2v) is 10.8. The molecule has 0 bridgehead atoms. The van der Waals surface area contributed by atoms with E-state index in [2.05, 4.69) is 5.10 Å². The lowest BCUT2D eigenvalue weighted by molar-refractivity contribution is 0.284. The maximum atomic E-state index is 13.6. The molecule has 0 saturated carbocycles. The molecule has 4 aromatic carbocycles. The summed E-state index contributed by atoms with van der Waals surface area (Å²) in [6.45, 7) is 0.185. The summed E-state index contributed by atoms with van der Waals surface area (Å²) in [4.78, 5) is 18.3. The zero-order valence-corrected chi connectivity index (χ0v) is 24.8. The third kappa shape index (κ3) is 5.56. The maximum Gasteiger partial charge on any atom is 0.282 e. The molecule has 0 aliphatic rings. The smallest absolute Gasteiger partial charge is 0.282 e. The van der Waals surface area contributed by atoms with E-state index in [0.717, 1.165) is 10.9 Å². The molecule has 0 fully saturated rings. The van der Waals surface area contributed by atoms with E-state index in [9.17, 15) is 4.79 Å². The van der Waals surface area contributed by atoms with E-state index in [0.29, 0.717) is 54.4 Å². The Morgan fingerprint density at radius 2 is 1.76 bits per heavy atom. The van der Waals surface area contributed by atoms with Crippen LogP contribution in [-0.4, -0.2) is 23.0 Å². The zero-order valence-electron chi connectivity index (χ0n) is 21.8. The molecule has 210 valence electrons. The van der Waals surface area contributed by atoms with Crippen LogP contribution >= 0.6 is 46.4 Å². The average Bonchev–Trinajstić information content (AvgIpc) is 3.40. The van der Waals surface area contributed by atoms with Crippen molar-refractivity contribution < 1.29 is 13.9 Å². The Morgan fingerprint density at radius 3 is 2.57 bits per heavy atom. The first kappa shape index (κ1) is 28.1. The van der Waals surface area contributed by atoms with Crippen LogP contribution in [-0.2, 0) is 6.61 Å². The Hall–Kier alpha value is -4.01. The highest BCUT2D eigenvalue weighted by atomic mass is 35.5. The summed E-state index contributed by atoms with van der Waals surface area (Å²) in [6.07, 6.45) is 1.48. The quantitative estimate of drug-likeness (QED) is 0.163. The summed E-state index contributed by atoms with van der Waals surface area (Å²) in [5.74, 6) is 1.30. The monoisotopic (exact) mass is 637 g/mol. The first-order chi connectivity index (χ1) is 20.3. The number of halogens is 4. The van der Waals surface area contributed by atoms with Gasteiger partial charge in [0.15, 0.2) is 17.3 Å². The van der Waals surface area contributed by atoms with Crippen LogP contribution in [0.2, 0.25) is 20.1 Å². The van der Waals surface area contributed by atoms with Gasteiger partial charge < -0.3 is 13.9 Å². The molecule has 11 heteroatoms. The van der Waals surface area contributed by atoms with E-state index in [1.54, 1.807) is 72.8 Å². The zero-order chi connectivity index (χ0) is 29.4. The summed E-state index contributed by atoms with van der Waals surface area (Å²) >= 11 is 24.9. The van der Waals surface area contributed by atoms with Gasteiger partial charge in [-0.15, -0.1) is 0 Å². The van der Waals surface area contributed by atoms with Gasteiger partial charge in [0.2, 0.25) is 5.82 Å². The lowest BCUT2D eigenvalue weighted by Gasteiger charge is -2.14. The number of benzene rings is 4. The van der Waals surface area contributed by atoms with Gasteiger partial charge in [0.05, 0.1) is 39.3 Å². The molecule has 0 unspecified atom stereocenters. The summed E-state index contributed by atoms with van der Waals surface area (Å²) in [6, 6.07) is 22.6. The van der Waals surface area contributed by atoms with Crippen LogP contribution in [0.15, 0.2) is 93.2 Å². The SMILES string of the molecule is COc1cc(C=Nn2c(-c3cc4cc(Cl)ccc4o3)nc3ccccc3c2=O)cc(Cl)c1OCc1ccc(Cl)c(Cl)c1. The van der Waals surface area contributed by atoms with Gasteiger partial charge in [0, 0.05) is 10.4 Å². The van der Waals surface area contributed by atoms with Crippen LogP contribution in [0, 0.1) is 0 Å². The first-order valence-electron chi connectivity index (χ1n) is 12.5. The Labute approximate surface area is 259 Å². The van der Waals surface area contributed by atoms with Gasteiger partial charge in [-0.3, -0.25) is 4.79 Å². The molecule has 6 aromatic rings. The lowest BCUT2D eigenvalue weighted by Crippen LogP contribution is -2.20. The van der Waals surface area contributed by atoms with E-state index < -0.39 is 0 Å². The minimum Gasteiger partial charge on any atom is -0.493 e. The molecule has 42 heavy (non-hydrogen) atoms. The van der Waals surface area contributed by atoms with Crippen molar-refractivity contribution in [3.8, 4) is 23.1 Å². The third-order valence-electron chi connectivity index (χ3n) is 6.39. The summed E-state index contributed by atoms with van der Waals surface area (Å²) in [5.41, 5.74) is 2.10. The molecule has 6 rings (SSSR count). The molecule has 0 saturated heterocycles. The topological polar surface area (TPSA) is 78.9 Å². The van der Waals surface area contributed by atoms with Crippen LogP contribution in [0.1, 0.15) is 11.1 Å². The Balaban J connectivity index is 1.38. The second kappa shape index (κ2) is 11.7. The maximum absolute atomic E-state index is 13.6. The Morgan fingerprint density at radius 1 is 0.929 bits per heavy atom. The standard InChI is InChI=1S/C31H19Cl4N3O4/c1-40-27-12-18(11-24(35)29(27)41-16-17-6-8-22(33)23(34)10-17)15-36-38-30(37-25-5-3-2-4-21(25)31(38)39)28-14-19-13-20(32)7-9-26(19)42-28/h2-15H,16H2,1H3. The molecule has 0 aliphatic heterocycles. The number of para-hydroxylation sites is 1. The fraction of sp³-hybridized carbons (Fsp3) is 0.0645. The molecule has 0 amide bonds. The van der Waals surface area contributed by atoms with Crippen LogP contribution < -0.4 is 15.0 Å². The van der Waals surface area contributed by atoms with Crippen LogP contribution in [0.25, 0.3) is 33.5 Å². The number of fused-ring (bicyclic) bond motifs is 2. The minimum atomic E-state index is -0.370. The number of hydrogen-bond donors (Lipinski definition) is 0. The van der Waals surface area contributed by atoms with Gasteiger partial charge in [0.25, 0.3) is 5.56 Å². The molecule has 2 aromatic heterocycles. The first-order valence-corrected chi connectivity index (χ1v) is 14.0. The highest BCUT2D eigenvalue weighted by Gasteiger charge is 2.17. The van der Waals surface area contributed by atoms with Crippen LogP contribution in [0.5, 0.6) is 11.5 Å². The van der Waals surface area contributed by atoms with Crippen molar-refractivity contribution in [1.82, 2.24) is 9.66 Å². The number of nitrogens with zero attached hydrogens (tertiary/aromatic N) is 3. The Kier molecular flexibility index (Phi) is 7.84. The fourth-order valence-electron chi connectivity index (χ4n) is 4.38. The van der Waals surface area contributed by atoms with Crippen molar-refractivity contribution in [2.75, 3.05) is 7.11 Å². The molecule has 2 heterocycles. The van der Waals surface area contributed by atoms with Crippen molar-refractivity contribution in [3.05, 3.63) is 120 Å². The van der Waals surface area contributed by atoms with E-state index in [4.69, 9.17) is 65.3 Å². The van der Waals surface area contributed by atoms with Gasteiger partial charge in [-0.2, -0.15) is 9.78 Å². The summed E-state index contributed by atoms with van der Waals surface area (Å²) in [5, 5.41) is 7.39. The number of methoxy groups -OCH3 is 1. The fourth-order valence-corrected chi connectivity index (χ4v) is 5.15. The minimum absolute atomic E-state index is 0.185. The molecule has 0 aliphatic carbocycles. The van der Waals surface area contributed by atoms with Gasteiger partial charge in [-0.25, -0.2) is 4.98 Å². The lowest BCUT2D eigenvalue weighted by atomic mass is 10.2. The van der Waals surface area contributed by atoms with E-state index in [-0.39, 0.29) is 23.0 Å². The Bertz CT molecular complexity index is 2070. The predicted molar refractivity (Wildman–Crippen MR) is 168 cm³/mol. The third-order valence-corrected chi connectivity index (χ3v) is 7.65. The van der Waals surface area contributed by atoms with Crippen LogP contribution in [0.4, 0.5) is 0 Å². The highest BCUT2D eigenvalue weighted by Crippen LogP contribution is 2.37. The molecular formula is C31H19Cl4N3O4. The highest BCUT2D eigenvalue weighted by molar-refractivity contribution is 6.42. The molecule has 0 atom stereocenters. The van der Waals surface area contributed by atoms with Crippen molar-refractivity contribution in [3.63, 3.8) is 0 Å². The van der Waals surface area contributed by atoms with Crippen LogP contribution in [0.3, 0.4) is 0 Å². The predicted octanol–water partition coefficient (Wildman–Crippen LogP) is 8.89. The van der Waals surface area contributed by atoms with E-state index in [1.807, 2.05) is 6.07 Å². The molecule has 0 spiro atoms. The number of hydrogen-bond acceptors (Lipinski definition) is 6. The van der Waals surface area contributed by atoms with Crippen molar-refractivity contribution in [1.29, 1.82) is 0 Å². The molecule has 7 nitrogen and oxygen atoms in total. The van der Waals surface area contributed by atoms with Gasteiger partial charge in [-0.05, 0) is 71.8 Å². The summed E-state index contributed by atoms with van der Waals surface area (Å²) in [7, 11) is 1.50. The molecular weight excluding hydrogens is 620 g/mol. The number of furan rings is 1. The van der Waals surface area contributed by atoms with Crippen molar-refractivity contribution in [2.24, 2.45) is 5.10 Å². The number of ether oxygens (including phenoxy) is 2. The molecule has 0 N–H and O–H groups in total. The molecule has 0 radical (unpaired) electrons. The average molecular weight is 639 g/mol. The second-order valence-electron chi connectivity index (χ2n) is 9.18. The van der Waals surface area contributed by atoms with Crippen molar-refractivity contribution >= 4 is 74.5 Å². The van der Waals surface area contributed by atoms with Gasteiger partial charge >= 0.3 is 0 Å². The van der Waals surface area contributed by atoms with E-state index >= 15 is 0 Å². The normalized spacial score (nSPS) is 11.5.